The average molecular weight is 353 g/mol. The molecule has 0 fully saturated rings. The molecule has 0 saturated carbocycles. The topological polar surface area (TPSA) is 86.5 Å². The molecule has 6 heteroatoms. The SMILES string of the molecule is Nc1ccc(S(=O)(=O)c2ccc(C(=O)Oc3ccccc3)cc2)cc1. The van der Waals surface area contributed by atoms with Gasteiger partial charge < -0.3 is 10.5 Å². The van der Waals surface area contributed by atoms with Crippen LogP contribution in [0.1, 0.15) is 10.4 Å². The quantitative estimate of drug-likeness (QED) is 0.442. The summed E-state index contributed by atoms with van der Waals surface area (Å²) in [6.07, 6.45) is 0. The highest BCUT2D eigenvalue weighted by atomic mass is 32.2. The molecule has 0 atom stereocenters. The summed E-state index contributed by atoms with van der Waals surface area (Å²) in [6, 6.07) is 20.2. The lowest BCUT2D eigenvalue weighted by molar-refractivity contribution is 0.0734. The first-order chi connectivity index (χ1) is 12.0. The molecule has 3 aromatic carbocycles. The molecule has 0 amide bonds. The molecule has 3 rings (SSSR count). The molecule has 0 aliphatic heterocycles. The van der Waals surface area contributed by atoms with Crippen LogP contribution in [0.15, 0.2) is 88.7 Å². The van der Waals surface area contributed by atoms with Crippen LogP contribution in [0.2, 0.25) is 0 Å². The summed E-state index contributed by atoms with van der Waals surface area (Å²) in [6.45, 7) is 0. The van der Waals surface area contributed by atoms with Crippen molar-refractivity contribution in [1.29, 1.82) is 0 Å². The Kier molecular flexibility index (Phi) is 4.54. The summed E-state index contributed by atoms with van der Waals surface area (Å²) >= 11 is 0. The first kappa shape index (κ1) is 16.7. The number of nitrogen functional groups attached to an aromatic ring is 1. The van der Waals surface area contributed by atoms with Crippen molar-refractivity contribution in [3.8, 4) is 5.75 Å². The van der Waals surface area contributed by atoms with Crippen LogP contribution in [0, 0.1) is 0 Å². The van der Waals surface area contributed by atoms with Gasteiger partial charge in [-0.05, 0) is 60.7 Å². The van der Waals surface area contributed by atoms with Crippen molar-refractivity contribution in [2.24, 2.45) is 0 Å². The molecule has 0 bridgehead atoms. The number of hydrogen-bond donors (Lipinski definition) is 1. The minimum Gasteiger partial charge on any atom is -0.423 e. The van der Waals surface area contributed by atoms with Crippen molar-refractivity contribution >= 4 is 21.5 Å². The molecule has 126 valence electrons. The molecule has 0 saturated heterocycles. The molecule has 3 aromatic rings. The van der Waals surface area contributed by atoms with E-state index in [4.69, 9.17) is 10.5 Å². The number of nitrogens with two attached hydrogens (primary N) is 1. The van der Waals surface area contributed by atoms with E-state index in [-0.39, 0.29) is 15.4 Å². The van der Waals surface area contributed by atoms with Crippen LogP contribution in [0.4, 0.5) is 5.69 Å². The molecule has 5 nitrogen and oxygen atoms in total. The standard InChI is InChI=1S/C19H15NO4S/c20-15-8-12-18(13-9-15)25(22,23)17-10-6-14(7-11-17)19(21)24-16-4-2-1-3-5-16/h1-13H,20H2. The Balaban J connectivity index is 1.82. The zero-order chi connectivity index (χ0) is 17.9. The van der Waals surface area contributed by atoms with E-state index < -0.39 is 15.8 Å². The summed E-state index contributed by atoms with van der Waals surface area (Å²) < 4.78 is 30.3. The number of hydrogen-bond acceptors (Lipinski definition) is 5. The lowest BCUT2D eigenvalue weighted by Gasteiger charge is -2.07. The Morgan fingerprint density at radius 1 is 0.760 bits per heavy atom. The number of esters is 1. The van der Waals surface area contributed by atoms with Crippen LogP contribution >= 0.6 is 0 Å². The van der Waals surface area contributed by atoms with Crippen LogP contribution < -0.4 is 10.5 Å². The number of benzene rings is 3. The molecule has 0 radical (unpaired) electrons. The van der Waals surface area contributed by atoms with Crippen LogP contribution in [0.5, 0.6) is 5.75 Å². The number of rotatable bonds is 4. The highest BCUT2D eigenvalue weighted by Crippen LogP contribution is 2.22. The van der Waals surface area contributed by atoms with Gasteiger partial charge in [-0.3, -0.25) is 0 Å². The third kappa shape index (κ3) is 3.70. The fourth-order valence-electron chi connectivity index (χ4n) is 2.21. The maximum absolute atomic E-state index is 12.6. The molecule has 0 unspecified atom stereocenters. The molecular weight excluding hydrogens is 338 g/mol. The largest absolute Gasteiger partial charge is 0.423 e. The highest BCUT2D eigenvalue weighted by Gasteiger charge is 2.18. The van der Waals surface area contributed by atoms with E-state index in [1.54, 1.807) is 24.3 Å². The van der Waals surface area contributed by atoms with Gasteiger partial charge in [0, 0.05) is 5.69 Å². The van der Waals surface area contributed by atoms with Crippen molar-refractivity contribution in [2.75, 3.05) is 5.73 Å². The smallest absolute Gasteiger partial charge is 0.343 e. The maximum Gasteiger partial charge on any atom is 0.343 e. The first-order valence-corrected chi connectivity index (χ1v) is 8.93. The fraction of sp³-hybridized carbons (Fsp3) is 0. The maximum atomic E-state index is 12.6. The van der Waals surface area contributed by atoms with Crippen LogP contribution in [0.25, 0.3) is 0 Å². The number of para-hydroxylation sites is 1. The Bertz CT molecular complexity index is 980. The van der Waals surface area contributed by atoms with Crippen molar-refractivity contribution in [3.63, 3.8) is 0 Å². The molecule has 0 aromatic heterocycles. The monoisotopic (exact) mass is 353 g/mol. The van der Waals surface area contributed by atoms with E-state index in [2.05, 4.69) is 0 Å². The van der Waals surface area contributed by atoms with Gasteiger partial charge in [-0.2, -0.15) is 0 Å². The van der Waals surface area contributed by atoms with Gasteiger partial charge in [0.1, 0.15) is 5.75 Å². The number of sulfone groups is 1. The summed E-state index contributed by atoms with van der Waals surface area (Å²) in [5.74, 6) is -0.131. The van der Waals surface area contributed by atoms with Crippen molar-refractivity contribution in [3.05, 3.63) is 84.4 Å². The molecular formula is C19H15NO4S. The van der Waals surface area contributed by atoms with Gasteiger partial charge >= 0.3 is 5.97 Å². The zero-order valence-electron chi connectivity index (χ0n) is 13.1. The number of anilines is 1. The molecule has 0 aliphatic rings. The van der Waals surface area contributed by atoms with E-state index in [0.29, 0.717) is 11.4 Å². The summed E-state index contributed by atoms with van der Waals surface area (Å²) in [5, 5.41) is 0. The second-order valence-electron chi connectivity index (χ2n) is 5.30. The lowest BCUT2D eigenvalue weighted by atomic mass is 10.2. The van der Waals surface area contributed by atoms with Crippen molar-refractivity contribution in [2.45, 2.75) is 9.79 Å². The predicted octanol–water partition coefficient (Wildman–Crippen LogP) is 3.32. The van der Waals surface area contributed by atoms with Gasteiger partial charge in [0.05, 0.1) is 15.4 Å². The Morgan fingerprint density at radius 2 is 1.28 bits per heavy atom. The van der Waals surface area contributed by atoms with Crippen LogP contribution in [0.3, 0.4) is 0 Å². The Labute approximate surface area is 145 Å². The Hall–Kier alpha value is -3.12. The minimum absolute atomic E-state index is 0.0912. The van der Waals surface area contributed by atoms with Gasteiger partial charge in [-0.1, -0.05) is 18.2 Å². The van der Waals surface area contributed by atoms with Gasteiger partial charge in [0.25, 0.3) is 0 Å². The van der Waals surface area contributed by atoms with Gasteiger partial charge in [-0.25, -0.2) is 13.2 Å². The normalized spacial score (nSPS) is 11.0. The summed E-state index contributed by atoms with van der Waals surface area (Å²) in [4.78, 5) is 12.3. The second kappa shape index (κ2) is 6.78. The number of carbonyl (C=O) groups excluding carboxylic acids is 1. The van der Waals surface area contributed by atoms with E-state index >= 15 is 0 Å². The molecule has 2 N–H and O–H groups in total. The first-order valence-electron chi connectivity index (χ1n) is 7.45. The molecule has 0 aliphatic carbocycles. The van der Waals surface area contributed by atoms with Crippen LogP contribution in [-0.2, 0) is 9.84 Å². The summed E-state index contributed by atoms with van der Waals surface area (Å²) in [5.41, 5.74) is 6.33. The van der Waals surface area contributed by atoms with E-state index in [0.717, 1.165) is 0 Å². The predicted molar refractivity (Wildman–Crippen MR) is 94.1 cm³/mol. The molecule has 0 heterocycles. The van der Waals surface area contributed by atoms with Crippen LogP contribution in [-0.4, -0.2) is 14.4 Å². The van der Waals surface area contributed by atoms with Gasteiger partial charge in [0.2, 0.25) is 9.84 Å². The minimum atomic E-state index is -3.66. The summed E-state index contributed by atoms with van der Waals surface area (Å²) in [7, 11) is -3.66. The Morgan fingerprint density at radius 3 is 1.84 bits per heavy atom. The van der Waals surface area contributed by atoms with E-state index in [9.17, 15) is 13.2 Å². The third-order valence-electron chi connectivity index (χ3n) is 3.54. The lowest BCUT2D eigenvalue weighted by Crippen LogP contribution is -2.09. The fourth-order valence-corrected chi connectivity index (χ4v) is 3.47. The zero-order valence-corrected chi connectivity index (χ0v) is 13.9. The van der Waals surface area contributed by atoms with Gasteiger partial charge in [0.15, 0.2) is 0 Å². The van der Waals surface area contributed by atoms with Gasteiger partial charge in [-0.15, -0.1) is 0 Å². The van der Waals surface area contributed by atoms with E-state index in [1.807, 2.05) is 6.07 Å². The second-order valence-corrected chi connectivity index (χ2v) is 7.25. The third-order valence-corrected chi connectivity index (χ3v) is 5.33. The van der Waals surface area contributed by atoms with E-state index in [1.165, 1.54) is 48.5 Å². The number of ether oxygens (including phenoxy) is 1. The number of carbonyl (C=O) groups is 1. The molecule has 25 heavy (non-hydrogen) atoms. The van der Waals surface area contributed by atoms with Crippen molar-refractivity contribution in [1.82, 2.24) is 0 Å². The van der Waals surface area contributed by atoms with Crippen molar-refractivity contribution < 1.29 is 17.9 Å². The average Bonchev–Trinajstić information content (AvgIpc) is 2.63. The highest BCUT2D eigenvalue weighted by molar-refractivity contribution is 7.91. The molecule has 0 spiro atoms.